The topological polar surface area (TPSA) is 84.6 Å². The second kappa shape index (κ2) is 5.83. The summed E-state index contributed by atoms with van der Waals surface area (Å²) < 4.78 is 0. The first-order chi connectivity index (χ1) is 9.08. The van der Waals surface area contributed by atoms with Gasteiger partial charge in [-0.25, -0.2) is 5.43 Å². The van der Waals surface area contributed by atoms with Crippen molar-refractivity contribution in [2.75, 3.05) is 11.5 Å². The molecule has 2 rings (SSSR count). The molecule has 1 aliphatic rings. The molecule has 100 valence electrons. The summed E-state index contributed by atoms with van der Waals surface area (Å²) in [7, 11) is 0. The normalized spacial score (nSPS) is 16.6. The van der Waals surface area contributed by atoms with E-state index in [9.17, 15) is 14.9 Å². The summed E-state index contributed by atoms with van der Waals surface area (Å²) >= 11 is 1.78. The van der Waals surface area contributed by atoms with E-state index in [0.717, 1.165) is 23.6 Å². The minimum atomic E-state index is -0.465. The Hall–Kier alpha value is -1.89. The van der Waals surface area contributed by atoms with Gasteiger partial charge in [0, 0.05) is 28.7 Å². The van der Waals surface area contributed by atoms with Crippen molar-refractivity contribution in [3.8, 4) is 0 Å². The smallest absolute Gasteiger partial charge is 0.267 e. The number of nitrogens with one attached hydrogen (secondary N) is 1. The highest BCUT2D eigenvalue weighted by Crippen LogP contribution is 2.19. The fourth-order valence-corrected chi connectivity index (χ4v) is 2.71. The Morgan fingerprint density at radius 3 is 2.89 bits per heavy atom. The number of thioether (sulfide) groups is 1. The summed E-state index contributed by atoms with van der Waals surface area (Å²) in [6.45, 7) is 1.61. The van der Waals surface area contributed by atoms with E-state index in [4.69, 9.17) is 0 Å². The molecule has 1 heterocycles. The maximum Gasteiger partial charge on any atom is 0.272 e. The third-order valence-electron chi connectivity index (χ3n) is 2.77. The molecule has 0 aliphatic carbocycles. The molecular formula is C12H13N3O3S. The van der Waals surface area contributed by atoms with E-state index < -0.39 is 4.92 Å². The van der Waals surface area contributed by atoms with Gasteiger partial charge in [0.15, 0.2) is 0 Å². The lowest BCUT2D eigenvalue weighted by Crippen LogP contribution is -2.19. The van der Waals surface area contributed by atoms with Crippen molar-refractivity contribution >= 4 is 29.1 Å². The molecule has 0 saturated carbocycles. The van der Waals surface area contributed by atoms with Crippen molar-refractivity contribution in [2.45, 2.75) is 13.3 Å². The number of amides is 1. The predicted molar refractivity (Wildman–Crippen MR) is 74.7 cm³/mol. The molecule has 0 radical (unpaired) electrons. The lowest BCUT2D eigenvalue weighted by Gasteiger charge is -2.03. The van der Waals surface area contributed by atoms with Gasteiger partial charge in [-0.05, 0) is 31.2 Å². The first-order valence-corrected chi connectivity index (χ1v) is 6.92. The summed E-state index contributed by atoms with van der Waals surface area (Å²) in [5, 5.41) is 14.7. The Balaban J connectivity index is 2.09. The lowest BCUT2D eigenvalue weighted by atomic mass is 10.1. The number of nitro benzene ring substituents is 1. The van der Waals surface area contributed by atoms with Gasteiger partial charge >= 0.3 is 0 Å². The molecule has 6 nitrogen and oxygen atoms in total. The van der Waals surface area contributed by atoms with Gasteiger partial charge in [-0.1, -0.05) is 0 Å². The molecular weight excluding hydrogens is 266 g/mol. The van der Waals surface area contributed by atoms with Crippen LogP contribution in [0.25, 0.3) is 0 Å². The van der Waals surface area contributed by atoms with Crippen molar-refractivity contribution in [3.05, 3.63) is 39.4 Å². The number of hydrazone groups is 1. The van der Waals surface area contributed by atoms with Gasteiger partial charge in [0.05, 0.1) is 4.92 Å². The minimum absolute atomic E-state index is 0.00931. The van der Waals surface area contributed by atoms with E-state index in [-0.39, 0.29) is 11.6 Å². The van der Waals surface area contributed by atoms with E-state index in [2.05, 4.69) is 10.5 Å². The van der Waals surface area contributed by atoms with Crippen LogP contribution in [0.5, 0.6) is 0 Å². The summed E-state index contributed by atoms with van der Waals surface area (Å²) in [4.78, 5) is 22.1. The molecule has 1 amide bonds. The average molecular weight is 279 g/mol. The van der Waals surface area contributed by atoms with Crippen LogP contribution in [-0.4, -0.2) is 28.0 Å². The van der Waals surface area contributed by atoms with Crippen molar-refractivity contribution in [2.24, 2.45) is 5.10 Å². The van der Waals surface area contributed by atoms with Gasteiger partial charge in [0.25, 0.3) is 11.6 Å². The van der Waals surface area contributed by atoms with Crippen LogP contribution < -0.4 is 5.43 Å². The van der Waals surface area contributed by atoms with Gasteiger partial charge in [-0.2, -0.15) is 16.9 Å². The van der Waals surface area contributed by atoms with Crippen LogP contribution in [0.1, 0.15) is 22.3 Å². The van der Waals surface area contributed by atoms with Gasteiger partial charge in [0.1, 0.15) is 0 Å². The van der Waals surface area contributed by atoms with E-state index >= 15 is 0 Å². The fraction of sp³-hybridized carbons (Fsp3) is 0.333. The number of hydrogen-bond donors (Lipinski definition) is 1. The lowest BCUT2D eigenvalue weighted by molar-refractivity contribution is -0.385. The first kappa shape index (κ1) is 13.5. The van der Waals surface area contributed by atoms with E-state index in [1.807, 2.05) is 0 Å². The Kier molecular flexibility index (Phi) is 4.16. The van der Waals surface area contributed by atoms with E-state index in [1.54, 1.807) is 18.7 Å². The van der Waals surface area contributed by atoms with Crippen LogP contribution in [0.3, 0.4) is 0 Å². The van der Waals surface area contributed by atoms with E-state index in [0.29, 0.717) is 11.1 Å². The number of hydrogen-bond acceptors (Lipinski definition) is 5. The molecule has 0 spiro atoms. The number of carbonyl (C=O) groups is 1. The van der Waals surface area contributed by atoms with Crippen LogP contribution in [0.15, 0.2) is 23.3 Å². The molecule has 1 fully saturated rings. The van der Waals surface area contributed by atoms with Gasteiger partial charge in [0.2, 0.25) is 0 Å². The zero-order valence-corrected chi connectivity index (χ0v) is 11.2. The highest BCUT2D eigenvalue weighted by molar-refractivity contribution is 8.00. The molecule has 0 aromatic heterocycles. The number of nitrogens with zero attached hydrogens (tertiary/aromatic N) is 2. The van der Waals surface area contributed by atoms with Gasteiger partial charge in [-0.15, -0.1) is 0 Å². The maximum atomic E-state index is 11.8. The zero-order valence-electron chi connectivity index (χ0n) is 10.4. The minimum Gasteiger partial charge on any atom is -0.267 e. The van der Waals surface area contributed by atoms with Gasteiger partial charge in [-0.3, -0.25) is 14.9 Å². The molecule has 0 atom stereocenters. The Bertz CT molecular complexity index is 549. The van der Waals surface area contributed by atoms with E-state index in [1.165, 1.54) is 18.2 Å². The third kappa shape index (κ3) is 3.31. The van der Waals surface area contributed by atoms with Crippen molar-refractivity contribution < 1.29 is 9.72 Å². The van der Waals surface area contributed by atoms with Gasteiger partial charge < -0.3 is 0 Å². The molecule has 1 N–H and O–H groups in total. The van der Waals surface area contributed by atoms with Crippen LogP contribution in [0.4, 0.5) is 5.69 Å². The SMILES string of the molecule is Cc1cc(C(=O)N/N=C2\CCSC2)ccc1[N+](=O)[O-]. The number of carbonyl (C=O) groups excluding carboxylic acids is 1. The van der Waals surface area contributed by atoms with Crippen LogP contribution in [0, 0.1) is 17.0 Å². The first-order valence-electron chi connectivity index (χ1n) is 5.76. The molecule has 0 unspecified atom stereocenters. The molecule has 1 saturated heterocycles. The molecule has 7 heteroatoms. The molecule has 19 heavy (non-hydrogen) atoms. The van der Waals surface area contributed by atoms with Crippen LogP contribution in [0.2, 0.25) is 0 Å². The number of benzene rings is 1. The number of aryl methyl sites for hydroxylation is 1. The molecule has 1 aromatic carbocycles. The highest BCUT2D eigenvalue weighted by Gasteiger charge is 2.14. The maximum absolute atomic E-state index is 11.8. The molecule has 1 aliphatic heterocycles. The Morgan fingerprint density at radius 2 is 2.32 bits per heavy atom. The number of rotatable bonds is 3. The zero-order chi connectivity index (χ0) is 13.8. The monoisotopic (exact) mass is 279 g/mol. The molecule has 1 aromatic rings. The van der Waals surface area contributed by atoms with Crippen LogP contribution >= 0.6 is 11.8 Å². The quantitative estimate of drug-likeness (QED) is 0.678. The molecule has 0 bridgehead atoms. The second-order valence-electron chi connectivity index (χ2n) is 4.18. The van der Waals surface area contributed by atoms with Crippen molar-refractivity contribution in [1.29, 1.82) is 0 Å². The summed E-state index contributed by atoms with van der Waals surface area (Å²) in [6.07, 6.45) is 0.893. The summed E-state index contributed by atoms with van der Waals surface area (Å²) in [6, 6.07) is 4.27. The average Bonchev–Trinajstić information content (AvgIpc) is 2.88. The summed E-state index contributed by atoms with van der Waals surface area (Å²) in [5.41, 5.74) is 4.29. The largest absolute Gasteiger partial charge is 0.272 e. The highest BCUT2D eigenvalue weighted by atomic mass is 32.2. The fourth-order valence-electron chi connectivity index (χ4n) is 1.74. The van der Waals surface area contributed by atoms with Crippen molar-refractivity contribution in [3.63, 3.8) is 0 Å². The summed E-state index contributed by atoms with van der Waals surface area (Å²) in [5.74, 6) is 1.53. The second-order valence-corrected chi connectivity index (χ2v) is 5.29. The third-order valence-corrected chi connectivity index (χ3v) is 3.81. The standard InChI is InChI=1S/C12H13N3O3S/c1-8-6-9(2-3-11(8)15(17)18)12(16)14-13-10-4-5-19-7-10/h2-3,6H,4-5,7H2,1H3,(H,14,16)/b13-10+. The number of nitro groups is 1. The van der Waals surface area contributed by atoms with Crippen molar-refractivity contribution in [1.82, 2.24) is 5.43 Å². The Morgan fingerprint density at radius 1 is 1.53 bits per heavy atom. The van der Waals surface area contributed by atoms with Crippen LogP contribution in [-0.2, 0) is 0 Å². The Labute approximate surface area is 114 Å². The predicted octanol–water partition coefficient (Wildman–Crippen LogP) is 2.13.